The molecule has 0 spiro atoms. The van der Waals surface area contributed by atoms with E-state index in [1.165, 1.54) is 6.07 Å². The molecule has 1 heterocycles. The summed E-state index contributed by atoms with van der Waals surface area (Å²) in [6.07, 6.45) is 3.69. The molecule has 106 valence electrons. The van der Waals surface area contributed by atoms with E-state index in [4.69, 9.17) is 0 Å². The number of hydrogen-bond acceptors (Lipinski definition) is 4. The lowest BCUT2D eigenvalue weighted by Gasteiger charge is -2.13. The van der Waals surface area contributed by atoms with Crippen molar-refractivity contribution in [1.29, 1.82) is 0 Å². The Morgan fingerprint density at radius 3 is 2.70 bits per heavy atom. The van der Waals surface area contributed by atoms with Crippen molar-refractivity contribution in [3.05, 3.63) is 52.3 Å². The lowest BCUT2D eigenvalue weighted by molar-refractivity contribution is -0.384. The summed E-state index contributed by atoms with van der Waals surface area (Å²) in [5.74, 6) is 0. The molecule has 2 rings (SSSR count). The van der Waals surface area contributed by atoms with Crippen LogP contribution in [0.2, 0.25) is 0 Å². The van der Waals surface area contributed by atoms with Gasteiger partial charge in [0.05, 0.1) is 16.8 Å². The van der Waals surface area contributed by atoms with E-state index in [0.717, 1.165) is 11.3 Å². The third kappa shape index (κ3) is 3.14. The Balaban J connectivity index is 2.12. The van der Waals surface area contributed by atoms with Crippen LogP contribution in [-0.4, -0.2) is 14.7 Å². The second-order valence-electron chi connectivity index (χ2n) is 5.02. The van der Waals surface area contributed by atoms with E-state index in [9.17, 15) is 10.1 Å². The zero-order valence-corrected chi connectivity index (χ0v) is 11.8. The number of non-ortho nitro benzene ring substituents is 1. The van der Waals surface area contributed by atoms with Crippen LogP contribution in [0.15, 0.2) is 36.7 Å². The molecule has 20 heavy (non-hydrogen) atoms. The summed E-state index contributed by atoms with van der Waals surface area (Å²) in [6, 6.07) is 6.93. The Hall–Kier alpha value is -2.37. The highest BCUT2D eigenvalue weighted by Gasteiger charge is 2.11. The first-order chi connectivity index (χ1) is 9.47. The van der Waals surface area contributed by atoms with E-state index >= 15 is 0 Å². The average molecular weight is 274 g/mol. The first-order valence-electron chi connectivity index (χ1n) is 6.52. The van der Waals surface area contributed by atoms with Crippen LogP contribution in [0.3, 0.4) is 0 Å². The highest BCUT2D eigenvalue weighted by molar-refractivity contribution is 5.43. The molecule has 6 heteroatoms. The minimum atomic E-state index is -0.382. The Morgan fingerprint density at radius 1 is 1.35 bits per heavy atom. The van der Waals surface area contributed by atoms with Crippen LogP contribution >= 0.6 is 0 Å². The zero-order chi connectivity index (χ0) is 14.7. The van der Waals surface area contributed by atoms with Crippen molar-refractivity contribution in [2.45, 2.75) is 32.9 Å². The van der Waals surface area contributed by atoms with Crippen molar-refractivity contribution < 1.29 is 4.92 Å². The topological polar surface area (TPSA) is 73.0 Å². The smallest absolute Gasteiger partial charge is 0.269 e. The first kappa shape index (κ1) is 14.0. The average Bonchev–Trinajstić information content (AvgIpc) is 2.87. The second-order valence-corrected chi connectivity index (χ2v) is 5.02. The summed E-state index contributed by atoms with van der Waals surface area (Å²) < 4.78 is 1.86. The van der Waals surface area contributed by atoms with Gasteiger partial charge in [-0.05, 0) is 26.3 Å². The van der Waals surface area contributed by atoms with Gasteiger partial charge in [-0.25, -0.2) is 0 Å². The minimum absolute atomic E-state index is 0.0280. The Morgan fingerprint density at radius 2 is 2.10 bits per heavy atom. The molecule has 0 amide bonds. The summed E-state index contributed by atoms with van der Waals surface area (Å²) in [6.45, 7) is 6.08. The van der Waals surface area contributed by atoms with Crippen LogP contribution in [0, 0.1) is 10.1 Å². The molecule has 1 N–H and O–H groups in total. The number of nitro benzene ring substituents is 1. The number of nitro groups is 1. The number of rotatable bonds is 5. The third-order valence-corrected chi connectivity index (χ3v) is 3.09. The lowest BCUT2D eigenvalue weighted by Crippen LogP contribution is -2.06. The van der Waals surface area contributed by atoms with Gasteiger partial charge in [0, 0.05) is 30.4 Å². The molecule has 1 atom stereocenters. The van der Waals surface area contributed by atoms with Gasteiger partial charge in [-0.1, -0.05) is 12.1 Å². The maximum Gasteiger partial charge on any atom is 0.269 e. The first-order valence-corrected chi connectivity index (χ1v) is 6.52. The van der Waals surface area contributed by atoms with Crippen LogP contribution in [0.1, 0.15) is 38.4 Å². The molecule has 6 nitrogen and oxygen atoms in total. The van der Waals surface area contributed by atoms with E-state index in [1.807, 2.05) is 23.9 Å². The van der Waals surface area contributed by atoms with Gasteiger partial charge in [0.2, 0.25) is 0 Å². The molecule has 1 unspecified atom stereocenters. The lowest BCUT2D eigenvalue weighted by atomic mass is 10.1. The van der Waals surface area contributed by atoms with E-state index < -0.39 is 0 Å². The van der Waals surface area contributed by atoms with Crippen LogP contribution in [0.5, 0.6) is 0 Å². The zero-order valence-electron chi connectivity index (χ0n) is 11.8. The van der Waals surface area contributed by atoms with Crippen LogP contribution in [-0.2, 0) is 0 Å². The fraction of sp³-hybridized carbons (Fsp3) is 0.357. The molecule has 0 saturated heterocycles. The van der Waals surface area contributed by atoms with E-state index in [2.05, 4.69) is 24.3 Å². The van der Waals surface area contributed by atoms with Gasteiger partial charge in [-0.2, -0.15) is 5.10 Å². The van der Waals surface area contributed by atoms with Gasteiger partial charge in [0.25, 0.3) is 5.69 Å². The van der Waals surface area contributed by atoms with E-state index in [-0.39, 0.29) is 16.7 Å². The SMILES string of the molecule is CC(Nc1cnn(C(C)C)c1)c1cccc([N+](=O)[O-])c1. The molecule has 0 bridgehead atoms. The summed E-state index contributed by atoms with van der Waals surface area (Å²) in [4.78, 5) is 10.4. The molecule has 1 aromatic heterocycles. The normalized spacial score (nSPS) is 12.4. The van der Waals surface area contributed by atoms with Crippen LogP contribution in [0.25, 0.3) is 0 Å². The minimum Gasteiger partial charge on any atom is -0.376 e. The Labute approximate surface area is 117 Å². The van der Waals surface area contributed by atoms with Crippen molar-refractivity contribution in [2.75, 3.05) is 5.32 Å². The highest BCUT2D eigenvalue weighted by Crippen LogP contribution is 2.22. The fourth-order valence-electron chi connectivity index (χ4n) is 1.94. The van der Waals surface area contributed by atoms with Gasteiger partial charge in [0.15, 0.2) is 0 Å². The van der Waals surface area contributed by atoms with Crippen molar-refractivity contribution in [3.8, 4) is 0 Å². The van der Waals surface area contributed by atoms with Crippen molar-refractivity contribution >= 4 is 11.4 Å². The quantitative estimate of drug-likeness (QED) is 0.668. The number of nitrogens with zero attached hydrogens (tertiary/aromatic N) is 3. The van der Waals surface area contributed by atoms with Crippen LogP contribution < -0.4 is 5.32 Å². The molecule has 0 saturated carbocycles. The van der Waals surface area contributed by atoms with E-state index in [0.29, 0.717) is 6.04 Å². The number of nitrogens with one attached hydrogen (secondary N) is 1. The molecule has 0 radical (unpaired) electrons. The van der Waals surface area contributed by atoms with Crippen LogP contribution in [0.4, 0.5) is 11.4 Å². The predicted molar refractivity (Wildman–Crippen MR) is 77.7 cm³/mol. The summed E-state index contributed by atoms with van der Waals surface area (Å²) in [5.41, 5.74) is 1.88. The van der Waals surface area contributed by atoms with Gasteiger partial charge in [-0.3, -0.25) is 14.8 Å². The van der Waals surface area contributed by atoms with Crippen molar-refractivity contribution in [3.63, 3.8) is 0 Å². The molecule has 2 aromatic rings. The Bertz CT molecular complexity index is 607. The number of anilines is 1. The molecule has 0 fully saturated rings. The van der Waals surface area contributed by atoms with Gasteiger partial charge >= 0.3 is 0 Å². The van der Waals surface area contributed by atoms with Crippen molar-refractivity contribution in [1.82, 2.24) is 9.78 Å². The maximum atomic E-state index is 10.8. The summed E-state index contributed by atoms with van der Waals surface area (Å²) in [7, 11) is 0. The summed E-state index contributed by atoms with van der Waals surface area (Å²) >= 11 is 0. The number of hydrogen-bond donors (Lipinski definition) is 1. The van der Waals surface area contributed by atoms with E-state index in [1.54, 1.807) is 18.3 Å². The second kappa shape index (κ2) is 5.73. The molecular weight excluding hydrogens is 256 g/mol. The molecule has 1 aromatic carbocycles. The molecular formula is C14H18N4O2. The fourth-order valence-corrected chi connectivity index (χ4v) is 1.94. The molecule has 0 aliphatic carbocycles. The number of benzene rings is 1. The maximum absolute atomic E-state index is 10.8. The largest absolute Gasteiger partial charge is 0.376 e. The standard InChI is InChI=1S/C14H18N4O2/c1-10(2)17-9-13(8-15-17)16-11(3)12-5-4-6-14(7-12)18(19)20/h4-11,16H,1-3H3. The Kier molecular flexibility index (Phi) is 4.02. The third-order valence-electron chi connectivity index (χ3n) is 3.09. The molecule has 0 aliphatic rings. The van der Waals surface area contributed by atoms with Gasteiger partial charge in [-0.15, -0.1) is 0 Å². The monoisotopic (exact) mass is 274 g/mol. The highest BCUT2D eigenvalue weighted by atomic mass is 16.6. The summed E-state index contributed by atoms with van der Waals surface area (Å²) in [5, 5.41) is 18.3. The predicted octanol–water partition coefficient (Wildman–Crippen LogP) is 3.55. The molecule has 0 aliphatic heterocycles. The number of aromatic nitrogens is 2. The van der Waals surface area contributed by atoms with Gasteiger partial charge in [0.1, 0.15) is 0 Å². The van der Waals surface area contributed by atoms with Gasteiger partial charge < -0.3 is 5.32 Å². The van der Waals surface area contributed by atoms with Crippen molar-refractivity contribution in [2.24, 2.45) is 0 Å².